The molecule has 0 saturated heterocycles. The van der Waals surface area contributed by atoms with Gasteiger partial charge in [-0.05, 0) is 35.4 Å². The summed E-state index contributed by atoms with van der Waals surface area (Å²) in [6.45, 7) is -0.349. The highest BCUT2D eigenvalue weighted by molar-refractivity contribution is 6.30. The zero-order valence-electron chi connectivity index (χ0n) is 15.6. The van der Waals surface area contributed by atoms with Crippen LogP contribution in [0, 0.1) is 0 Å². The first kappa shape index (κ1) is 20.5. The Kier molecular flexibility index (Phi) is 6.93. The Morgan fingerprint density at radius 1 is 0.655 bits per heavy atom. The Hall–Kier alpha value is -3.24. The number of benzene rings is 3. The monoisotopic (exact) mass is 406 g/mol. The van der Waals surface area contributed by atoms with E-state index >= 15 is 0 Å². The molecule has 0 radical (unpaired) electrons. The van der Waals surface area contributed by atoms with Crippen molar-refractivity contribution in [3.8, 4) is 11.1 Å². The fourth-order valence-corrected chi connectivity index (χ4v) is 2.90. The smallest absolute Gasteiger partial charge is 0.306 e. The van der Waals surface area contributed by atoms with Crippen LogP contribution >= 0.6 is 11.6 Å². The molecular formula is C24H19ClO4. The highest BCUT2D eigenvalue weighted by Crippen LogP contribution is 2.19. The maximum absolute atomic E-state index is 12.2. The average Bonchev–Trinajstić information content (AvgIpc) is 2.77. The molecule has 0 aliphatic rings. The summed E-state index contributed by atoms with van der Waals surface area (Å²) in [5.41, 5.74) is 3.01. The minimum atomic E-state index is -0.582. The van der Waals surface area contributed by atoms with Crippen LogP contribution in [0.1, 0.15) is 33.6 Å². The third kappa shape index (κ3) is 5.87. The summed E-state index contributed by atoms with van der Waals surface area (Å²) in [4.78, 5) is 36.1. The van der Waals surface area contributed by atoms with E-state index in [4.69, 9.17) is 16.3 Å². The van der Waals surface area contributed by atoms with Crippen molar-refractivity contribution >= 4 is 29.1 Å². The van der Waals surface area contributed by atoms with Crippen molar-refractivity contribution in [3.05, 3.63) is 95.0 Å². The first-order valence-corrected chi connectivity index (χ1v) is 9.54. The van der Waals surface area contributed by atoms with Gasteiger partial charge >= 0.3 is 5.97 Å². The molecule has 0 fully saturated rings. The van der Waals surface area contributed by atoms with E-state index < -0.39 is 5.97 Å². The van der Waals surface area contributed by atoms with Gasteiger partial charge in [0.25, 0.3) is 0 Å². The third-order valence-electron chi connectivity index (χ3n) is 4.40. The van der Waals surface area contributed by atoms with Gasteiger partial charge < -0.3 is 4.74 Å². The molecule has 0 aliphatic carbocycles. The number of esters is 1. The maximum Gasteiger partial charge on any atom is 0.306 e. The molecule has 0 saturated carbocycles. The Balaban J connectivity index is 1.46. The van der Waals surface area contributed by atoms with Crippen LogP contribution in [0.3, 0.4) is 0 Å². The fourth-order valence-electron chi connectivity index (χ4n) is 2.78. The molecule has 0 aromatic heterocycles. The Morgan fingerprint density at radius 2 is 1.21 bits per heavy atom. The summed E-state index contributed by atoms with van der Waals surface area (Å²) < 4.78 is 5.02. The van der Waals surface area contributed by atoms with E-state index in [-0.39, 0.29) is 31.0 Å². The molecule has 0 unspecified atom stereocenters. The van der Waals surface area contributed by atoms with Crippen molar-refractivity contribution in [3.63, 3.8) is 0 Å². The predicted molar refractivity (Wildman–Crippen MR) is 112 cm³/mol. The fraction of sp³-hybridized carbons (Fsp3) is 0.125. The van der Waals surface area contributed by atoms with E-state index in [1.165, 1.54) is 0 Å². The van der Waals surface area contributed by atoms with Crippen LogP contribution in [0.4, 0.5) is 0 Å². The van der Waals surface area contributed by atoms with Crippen LogP contribution in [0.2, 0.25) is 5.02 Å². The van der Waals surface area contributed by atoms with Gasteiger partial charge in [-0.15, -0.1) is 0 Å². The summed E-state index contributed by atoms with van der Waals surface area (Å²) in [5.74, 6) is -1.05. The van der Waals surface area contributed by atoms with Gasteiger partial charge in [-0.25, -0.2) is 0 Å². The van der Waals surface area contributed by atoms with Crippen LogP contribution in [-0.4, -0.2) is 24.1 Å². The molecular weight excluding hydrogens is 388 g/mol. The Morgan fingerprint density at radius 3 is 1.86 bits per heavy atom. The highest BCUT2D eigenvalue weighted by Gasteiger charge is 2.13. The van der Waals surface area contributed by atoms with Crippen LogP contribution in [0.5, 0.6) is 0 Å². The SMILES string of the molecule is O=C(CCC(=O)c1ccc(Cl)cc1)OCC(=O)c1ccc(-c2ccccc2)cc1. The lowest BCUT2D eigenvalue weighted by Crippen LogP contribution is -2.15. The number of ketones is 2. The first-order valence-electron chi connectivity index (χ1n) is 9.16. The zero-order chi connectivity index (χ0) is 20.6. The summed E-state index contributed by atoms with van der Waals surface area (Å²) in [7, 11) is 0. The number of halogens is 1. The molecule has 0 N–H and O–H groups in total. The molecule has 3 rings (SSSR count). The summed E-state index contributed by atoms with van der Waals surface area (Å²) >= 11 is 5.79. The van der Waals surface area contributed by atoms with Crippen molar-refractivity contribution < 1.29 is 19.1 Å². The second-order valence-corrected chi connectivity index (χ2v) is 6.89. The van der Waals surface area contributed by atoms with Crippen molar-refractivity contribution in [2.24, 2.45) is 0 Å². The lowest BCUT2D eigenvalue weighted by Gasteiger charge is -2.06. The van der Waals surface area contributed by atoms with E-state index in [2.05, 4.69) is 0 Å². The summed E-state index contributed by atoms with van der Waals surface area (Å²) in [5, 5.41) is 0.538. The quantitative estimate of drug-likeness (QED) is 0.371. The van der Waals surface area contributed by atoms with Crippen LogP contribution in [-0.2, 0) is 9.53 Å². The number of ether oxygens (including phenoxy) is 1. The molecule has 0 atom stereocenters. The normalized spacial score (nSPS) is 10.4. The highest BCUT2D eigenvalue weighted by atomic mass is 35.5. The van der Waals surface area contributed by atoms with Crippen molar-refractivity contribution in [1.82, 2.24) is 0 Å². The van der Waals surface area contributed by atoms with Gasteiger partial charge in [0.15, 0.2) is 18.2 Å². The van der Waals surface area contributed by atoms with Crippen LogP contribution in [0.25, 0.3) is 11.1 Å². The lowest BCUT2D eigenvalue weighted by atomic mass is 10.0. The van der Waals surface area contributed by atoms with Gasteiger partial charge in [0.1, 0.15) is 0 Å². The number of hydrogen-bond donors (Lipinski definition) is 0. The van der Waals surface area contributed by atoms with Gasteiger partial charge in [-0.3, -0.25) is 14.4 Å². The molecule has 0 heterocycles. The second kappa shape index (κ2) is 9.80. The number of carbonyl (C=O) groups excluding carboxylic acids is 3. The largest absolute Gasteiger partial charge is 0.457 e. The Labute approximate surface area is 174 Å². The van der Waals surface area contributed by atoms with Gasteiger partial charge in [-0.1, -0.05) is 66.2 Å². The van der Waals surface area contributed by atoms with Crippen molar-refractivity contribution in [2.45, 2.75) is 12.8 Å². The first-order chi connectivity index (χ1) is 14.0. The predicted octanol–water partition coefficient (Wildman–Crippen LogP) is 5.40. The Bertz CT molecular complexity index is 993. The molecule has 0 bridgehead atoms. The molecule has 146 valence electrons. The molecule has 4 nitrogen and oxygen atoms in total. The van der Waals surface area contributed by atoms with Crippen LogP contribution in [0.15, 0.2) is 78.9 Å². The molecule has 0 spiro atoms. The minimum Gasteiger partial charge on any atom is -0.457 e. The van der Waals surface area contributed by atoms with Crippen LogP contribution < -0.4 is 0 Å². The molecule has 29 heavy (non-hydrogen) atoms. The minimum absolute atomic E-state index is 0.0143. The molecule has 0 aliphatic heterocycles. The number of Topliss-reactive ketones (excluding diaryl/α,β-unsaturated/α-hetero) is 2. The molecule has 3 aromatic rings. The van der Waals surface area contributed by atoms with E-state index in [9.17, 15) is 14.4 Å². The van der Waals surface area contributed by atoms with E-state index in [0.717, 1.165) is 11.1 Å². The molecule has 3 aromatic carbocycles. The summed E-state index contributed by atoms with van der Waals surface area (Å²) in [6.07, 6.45) is -0.0673. The third-order valence-corrected chi connectivity index (χ3v) is 4.65. The maximum atomic E-state index is 12.2. The zero-order valence-corrected chi connectivity index (χ0v) is 16.4. The number of rotatable bonds is 8. The van der Waals surface area contributed by atoms with E-state index in [0.29, 0.717) is 16.1 Å². The molecule has 0 amide bonds. The van der Waals surface area contributed by atoms with E-state index in [1.807, 2.05) is 42.5 Å². The van der Waals surface area contributed by atoms with Gasteiger partial charge in [0.05, 0.1) is 6.42 Å². The topological polar surface area (TPSA) is 60.4 Å². The lowest BCUT2D eigenvalue weighted by molar-refractivity contribution is -0.142. The van der Waals surface area contributed by atoms with Gasteiger partial charge in [-0.2, -0.15) is 0 Å². The van der Waals surface area contributed by atoms with Crippen molar-refractivity contribution in [2.75, 3.05) is 6.61 Å². The van der Waals surface area contributed by atoms with E-state index in [1.54, 1.807) is 36.4 Å². The number of carbonyl (C=O) groups is 3. The molecule has 5 heteroatoms. The second-order valence-electron chi connectivity index (χ2n) is 6.46. The average molecular weight is 407 g/mol. The summed E-state index contributed by atoms with van der Waals surface area (Å²) in [6, 6.07) is 23.4. The number of hydrogen-bond acceptors (Lipinski definition) is 4. The van der Waals surface area contributed by atoms with Crippen molar-refractivity contribution in [1.29, 1.82) is 0 Å². The standard InChI is InChI=1S/C24H19ClO4/c25-21-12-10-19(11-13-21)22(26)14-15-24(28)29-16-23(27)20-8-6-18(7-9-20)17-4-2-1-3-5-17/h1-13H,14-16H2. The van der Waals surface area contributed by atoms with Gasteiger partial charge in [0.2, 0.25) is 0 Å². The van der Waals surface area contributed by atoms with Gasteiger partial charge in [0, 0.05) is 22.6 Å².